The van der Waals surface area contributed by atoms with Gasteiger partial charge in [-0.15, -0.1) is 25.6 Å². The molecule has 2 saturated heterocycles. The SMILES string of the molecule is Cl.O=C(CCCCC1CCN(S(=O)(=O)C2(C(=O)NO)CCOCC2)CC1)c1ccc(OC(F)(F)F)cc1. The van der Waals surface area contributed by atoms with Gasteiger partial charge < -0.3 is 9.47 Å². The van der Waals surface area contributed by atoms with Crippen LogP contribution in [0.4, 0.5) is 13.2 Å². The molecule has 0 radical (unpaired) electrons. The molecule has 0 aliphatic carbocycles. The first-order valence-electron chi connectivity index (χ1n) is 11.9. The highest BCUT2D eigenvalue weighted by molar-refractivity contribution is 7.91. The van der Waals surface area contributed by atoms with Crippen molar-refractivity contribution in [1.82, 2.24) is 9.79 Å². The zero-order valence-electron chi connectivity index (χ0n) is 20.2. The number of ketones is 1. The van der Waals surface area contributed by atoms with Crippen LogP contribution >= 0.6 is 12.4 Å². The Kier molecular flexibility index (Phi) is 11.2. The molecule has 1 aromatic rings. The Balaban J connectivity index is 0.00000481. The van der Waals surface area contributed by atoms with Crippen molar-refractivity contribution in [1.29, 1.82) is 0 Å². The van der Waals surface area contributed by atoms with Crippen molar-refractivity contribution in [2.75, 3.05) is 26.3 Å². The summed E-state index contributed by atoms with van der Waals surface area (Å²) in [7, 11) is -4.00. The molecule has 2 N–H and O–H groups in total. The monoisotopic (exact) mass is 572 g/mol. The number of Topliss-reactive ketones (excluding diaryl/α,β-unsaturated/α-hetero) is 1. The van der Waals surface area contributed by atoms with Crippen LogP contribution in [0.5, 0.6) is 5.75 Å². The van der Waals surface area contributed by atoms with Crippen LogP contribution in [-0.4, -0.2) is 67.0 Å². The summed E-state index contributed by atoms with van der Waals surface area (Å²) in [5.74, 6) is -1.20. The number of carbonyl (C=O) groups is 2. The van der Waals surface area contributed by atoms with Gasteiger partial charge in [0.15, 0.2) is 10.5 Å². The maximum Gasteiger partial charge on any atom is 0.573 e. The van der Waals surface area contributed by atoms with Crippen molar-refractivity contribution < 1.29 is 45.9 Å². The standard InChI is InChI=1S/C23H31F3N2O7S.ClH/c24-23(25,26)35-19-7-5-18(6-8-19)20(29)4-2-1-3-17-9-13-28(14-10-17)36(32,33)22(21(30)27-31)11-15-34-16-12-22;/h5-8,17,31H,1-4,9-16H2,(H,27,30);1H. The van der Waals surface area contributed by atoms with Crippen LogP contribution in [0.15, 0.2) is 24.3 Å². The zero-order chi connectivity index (χ0) is 26.4. The lowest BCUT2D eigenvalue weighted by molar-refractivity contribution is -0.274. The highest BCUT2D eigenvalue weighted by Crippen LogP contribution is 2.35. The molecule has 1 aromatic carbocycles. The summed E-state index contributed by atoms with van der Waals surface area (Å²) in [5, 5.41) is 9.15. The molecule has 14 heteroatoms. The summed E-state index contributed by atoms with van der Waals surface area (Å²) in [6.45, 7) is 0.791. The predicted molar refractivity (Wildman–Crippen MR) is 129 cm³/mol. The fourth-order valence-corrected chi connectivity index (χ4v) is 6.94. The van der Waals surface area contributed by atoms with Crippen molar-refractivity contribution in [3.8, 4) is 5.75 Å². The smallest absolute Gasteiger partial charge is 0.406 e. The first kappa shape index (κ1) is 31.3. The Morgan fingerprint density at radius 3 is 2.24 bits per heavy atom. The average molecular weight is 573 g/mol. The Morgan fingerprint density at radius 2 is 1.70 bits per heavy atom. The van der Waals surface area contributed by atoms with Gasteiger partial charge in [-0.1, -0.05) is 12.8 Å². The Bertz CT molecular complexity index is 1010. The van der Waals surface area contributed by atoms with E-state index in [4.69, 9.17) is 9.94 Å². The van der Waals surface area contributed by atoms with Crippen LogP contribution < -0.4 is 10.2 Å². The molecule has 0 spiro atoms. The number of carbonyl (C=O) groups excluding carboxylic acids is 2. The number of sulfonamides is 1. The molecule has 0 atom stereocenters. The van der Waals surface area contributed by atoms with Crippen LogP contribution in [0, 0.1) is 5.92 Å². The maximum absolute atomic E-state index is 13.3. The van der Waals surface area contributed by atoms with Crippen LogP contribution in [0.3, 0.4) is 0 Å². The third-order valence-corrected chi connectivity index (χ3v) is 9.53. The number of ether oxygens (including phenoxy) is 2. The van der Waals surface area contributed by atoms with Gasteiger partial charge in [-0.25, -0.2) is 18.2 Å². The number of halogens is 4. The van der Waals surface area contributed by atoms with E-state index in [1.807, 2.05) is 0 Å². The van der Waals surface area contributed by atoms with Gasteiger partial charge in [0.25, 0.3) is 5.91 Å². The molecule has 0 bridgehead atoms. The summed E-state index contributed by atoms with van der Waals surface area (Å²) in [6.07, 6.45) is -1.14. The minimum atomic E-state index is -4.79. The summed E-state index contributed by atoms with van der Waals surface area (Å²) >= 11 is 0. The average Bonchev–Trinajstić information content (AvgIpc) is 2.86. The number of benzene rings is 1. The first-order valence-corrected chi connectivity index (χ1v) is 13.3. The molecule has 210 valence electrons. The summed E-state index contributed by atoms with van der Waals surface area (Å²) < 4.78 is 72.0. The highest BCUT2D eigenvalue weighted by Gasteiger charge is 2.54. The second-order valence-electron chi connectivity index (χ2n) is 9.14. The van der Waals surface area contributed by atoms with E-state index in [1.165, 1.54) is 21.9 Å². The van der Waals surface area contributed by atoms with Gasteiger partial charge in [0.05, 0.1) is 0 Å². The molecule has 0 unspecified atom stereocenters. The minimum absolute atomic E-state index is 0. The fourth-order valence-electron chi connectivity index (χ4n) is 4.80. The van der Waals surface area contributed by atoms with Crippen LogP contribution in [0.25, 0.3) is 0 Å². The molecule has 2 heterocycles. The van der Waals surface area contributed by atoms with E-state index in [0.717, 1.165) is 25.0 Å². The molecular formula is C23H32ClF3N2O7S. The number of hydrogen-bond acceptors (Lipinski definition) is 7. The molecule has 3 rings (SSSR count). The lowest BCUT2D eigenvalue weighted by Gasteiger charge is -2.40. The summed E-state index contributed by atoms with van der Waals surface area (Å²) in [5.41, 5.74) is 1.83. The topological polar surface area (TPSA) is 122 Å². The summed E-state index contributed by atoms with van der Waals surface area (Å²) in [6, 6.07) is 4.83. The van der Waals surface area contributed by atoms with Gasteiger partial charge in [-0.05, 0) is 49.4 Å². The molecule has 2 fully saturated rings. The third kappa shape index (κ3) is 7.79. The lowest BCUT2D eigenvalue weighted by atomic mass is 9.91. The molecule has 0 saturated carbocycles. The number of nitrogens with one attached hydrogen (secondary N) is 1. The zero-order valence-corrected chi connectivity index (χ0v) is 21.8. The van der Waals surface area contributed by atoms with E-state index < -0.39 is 27.0 Å². The van der Waals surface area contributed by atoms with Crippen molar-refractivity contribution in [2.24, 2.45) is 5.92 Å². The molecule has 2 aliphatic heterocycles. The number of alkyl halides is 3. The van der Waals surface area contributed by atoms with Crippen LogP contribution in [0.2, 0.25) is 0 Å². The van der Waals surface area contributed by atoms with E-state index in [2.05, 4.69) is 4.74 Å². The minimum Gasteiger partial charge on any atom is -0.406 e. The quantitative estimate of drug-likeness (QED) is 0.189. The number of hydrogen-bond donors (Lipinski definition) is 2. The number of nitrogens with zero attached hydrogens (tertiary/aromatic N) is 1. The maximum atomic E-state index is 13.3. The number of amides is 1. The fraction of sp³-hybridized carbons (Fsp3) is 0.652. The Morgan fingerprint density at radius 1 is 1.11 bits per heavy atom. The lowest BCUT2D eigenvalue weighted by Crippen LogP contribution is -2.60. The van der Waals surface area contributed by atoms with E-state index in [-0.39, 0.29) is 75.4 Å². The van der Waals surface area contributed by atoms with Gasteiger partial charge in [0, 0.05) is 51.1 Å². The first-order chi connectivity index (χ1) is 17.0. The number of unbranched alkanes of at least 4 members (excludes halogenated alkanes) is 1. The van der Waals surface area contributed by atoms with Crippen molar-refractivity contribution in [3.63, 3.8) is 0 Å². The highest BCUT2D eigenvalue weighted by atomic mass is 35.5. The van der Waals surface area contributed by atoms with Gasteiger partial charge in [-0.2, -0.15) is 0 Å². The largest absolute Gasteiger partial charge is 0.573 e. The van der Waals surface area contributed by atoms with Gasteiger partial charge in [0.2, 0.25) is 10.0 Å². The third-order valence-electron chi connectivity index (χ3n) is 6.90. The summed E-state index contributed by atoms with van der Waals surface area (Å²) in [4.78, 5) is 24.7. The van der Waals surface area contributed by atoms with E-state index in [1.54, 1.807) is 0 Å². The van der Waals surface area contributed by atoms with Crippen LogP contribution in [-0.2, 0) is 19.6 Å². The molecule has 37 heavy (non-hydrogen) atoms. The molecule has 0 aromatic heterocycles. The Hall–Kier alpha value is -1.93. The van der Waals surface area contributed by atoms with Gasteiger partial charge >= 0.3 is 6.36 Å². The molecule has 2 aliphatic rings. The van der Waals surface area contributed by atoms with E-state index in [9.17, 15) is 31.2 Å². The molecule has 9 nitrogen and oxygen atoms in total. The van der Waals surface area contributed by atoms with E-state index >= 15 is 0 Å². The van der Waals surface area contributed by atoms with Crippen molar-refractivity contribution >= 4 is 34.1 Å². The van der Waals surface area contributed by atoms with Crippen molar-refractivity contribution in [3.05, 3.63) is 29.8 Å². The Labute approximate surface area is 220 Å². The molecule has 1 amide bonds. The molecular weight excluding hydrogens is 541 g/mol. The van der Waals surface area contributed by atoms with Gasteiger partial charge in [-0.3, -0.25) is 14.8 Å². The number of piperidine rings is 1. The second-order valence-corrected chi connectivity index (χ2v) is 11.4. The number of rotatable bonds is 10. The normalized spacial score (nSPS) is 19.0. The van der Waals surface area contributed by atoms with Gasteiger partial charge in [0.1, 0.15) is 5.75 Å². The predicted octanol–water partition coefficient (Wildman–Crippen LogP) is 3.85. The van der Waals surface area contributed by atoms with E-state index in [0.29, 0.717) is 24.8 Å². The van der Waals surface area contributed by atoms with Crippen LogP contribution in [0.1, 0.15) is 61.7 Å². The second kappa shape index (κ2) is 13.2. The van der Waals surface area contributed by atoms with Crippen molar-refractivity contribution in [2.45, 2.75) is 62.5 Å². The number of hydroxylamine groups is 1.